The van der Waals surface area contributed by atoms with Crippen LogP contribution in [-0.2, 0) is 16.8 Å². The van der Waals surface area contributed by atoms with Crippen molar-refractivity contribution in [2.75, 3.05) is 26.2 Å². The van der Waals surface area contributed by atoms with Crippen molar-refractivity contribution in [2.24, 2.45) is 0 Å². The smallest absolute Gasteiger partial charge is 0.317 e. The van der Waals surface area contributed by atoms with Gasteiger partial charge in [0.1, 0.15) is 5.60 Å². The van der Waals surface area contributed by atoms with Gasteiger partial charge in [0.05, 0.1) is 11.5 Å². The summed E-state index contributed by atoms with van der Waals surface area (Å²) >= 11 is 1.60. The summed E-state index contributed by atoms with van der Waals surface area (Å²) in [6, 6.07) is 2.42. The van der Waals surface area contributed by atoms with Gasteiger partial charge in [-0.2, -0.15) is 0 Å². The third-order valence-corrected chi connectivity index (χ3v) is 7.43. The summed E-state index contributed by atoms with van der Waals surface area (Å²) in [6.45, 7) is 4.64. The maximum absolute atomic E-state index is 12.7. The normalized spacial score (nSPS) is 21.9. The van der Waals surface area contributed by atoms with E-state index in [0.29, 0.717) is 32.3 Å². The van der Waals surface area contributed by atoms with Crippen LogP contribution >= 0.6 is 11.3 Å². The maximum Gasteiger partial charge on any atom is 0.317 e. The molecule has 1 aromatic heterocycles. The molecule has 1 saturated heterocycles. The third-order valence-electron chi connectivity index (χ3n) is 6.07. The first-order chi connectivity index (χ1) is 13.1. The number of rotatable bonds is 3. The zero-order valence-electron chi connectivity index (χ0n) is 16.0. The molecule has 1 saturated carbocycles. The largest absolute Gasteiger partial charge is 0.369 e. The summed E-state index contributed by atoms with van der Waals surface area (Å²) in [6.07, 6.45) is 7.07. The lowest BCUT2D eigenvalue weighted by Gasteiger charge is -2.43. The van der Waals surface area contributed by atoms with E-state index >= 15 is 0 Å². The van der Waals surface area contributed by atoms with Crippen LogP contribution in [-0.4, -0.2) is 49.1 Å². The Hall–Kier alpha value is -1.60. The first kappa shape index (κ1) is 18.7. The fourth-order valence-electron chi connectivity index (χ4n) is 4.57. The van der Waals surface area contributed by atoms with Gasteiger partial charge in [-0.25, -0.2) is 4.79 Å². The molecule has 0 bridgehead atoms. The number of carbonyl (C=O) groups is 2. The lowest BCUT2D eigenvalue weighted by Crippen LogP contribution is -2.50. The summed E-state index contributed by atoms with van der Waals surface area (Å²) in [5.41, 5.74) is 0.932. The van der Waals surface area contributed by atoms with E-state index in [1.807, 2.05) is 11.8 Å². The lowest BCUT2D eigenvalue weighted by atomic mass is 9.85. The number of thiophene rings is 1. The summed E-state index contributed by atoms with van der Waals surface area (Å²) < 4.78 is 6.27. The quantitative estimate of drug-likeness (QED) is 0.832. The number of hydrogen-bond donors (Lipinski definition) is 2. The molecule has 1 spiro atoms. The van der Waals surface area contributed by atoms with Gasteiger partial charge in [0.2, 0.25) is 0 Å². The van der Waals surface area contributed by atoms with Gasteiger partial charge >= 0.3 is 6.03 Å². The molecule has 0 unspecified atom stereocenters. The highest BCUT2D eigenvalue weighted by molar-refractivity contribution is 7.14. The van der Waals surface area contributed by atoms with Gasteiger partial charge in [0.15, 0.2) is 0 Å². The first-order valence-corrected chi connectivity index (χ1v) is 11.0. The van der Waals surface area contributed by atoms with Crippen molar-refractivity contribution in [1.29, 1.82) is 0 Å². The second kappa shape index (κ2) is 7.80. The van der Waals surface area contributed by atoms with E-state index in [2.05, 4.69) is 16.7 Å². The van der Waals surface area contributed by atoms with E-state index < -0.39 is 0 Å². The standard InChI is InChI=1S/C20H29N3O3S/c1-2-21-19(25)23-10-8-20(9-11-23)17-14(7-12-26-20)13-16(27-17)18(24)22-15-5-3-4-6-15/h13,15H,2-12H2,1H3,(H,21,25)(H,22,24). The van der Waals surface area contributed by atoms with E-state index in [1.165, 1.54) is 23.3 Å². The molecule has 3 aliphatic rings. The number of carbonyl (C=O) groups excluding carboxylic acids is 2. The molecule has 1 aliphatic carbocycles. The van der Waals surface area contributed by atoms with Gasteiger partial charge in [-0.1, -0.05) is 12.8 Å². The van der Waals surface area contributed by atoms with Crippen LogP contribution in [0.5, 0.6) is 0 Å². The number of urea groups is 1. The van der Waals surface area contributed by atoms with Crippen LogP contribution < -0.4 is 10.6 Å². The number of nitrogens with zero attached hydrogens (tertiary/aromatic N) is 1. The molecule has 2 N–H and O–H groups in total. The second-order valence-corrected chi connectivity index (χ2v) is 8.89. The molecule has 1 aromatic rings. The average Bonchev–Trinajstić information content (AvgIpc) is 3.33. The Bertz CT molecular complexity index is 703. The molecule has 148 valence electrons. The summed E-state index contributed by atoms with van der Waals surface area (Å²) in [4.78, 5) is 28.7. The number of piperidine rings is 1. The molecule has 4 rings (SSSR count). The molecule has 2 aliphatic heterocycles. The summed E-state index contributed by atoms with van der Waals surface area (Å²) in [5.74, 6) is 0.0659. The van der Waals surface area contributed by atoms with E-state index in [-0.39, 0.29) is 17.5 Å². The van der Waals surface area contributed by atoms with Crippen LogP contribution in [0.4, 0.5) is 4.79 Å². The van der Waals surface area contributed by atoms with Crippen LogP contribution in [0, 0.1) is 0 Å². The van der Waals surface area contributed by atoms with Crippen molar-refractivity contribution in [2.45, 2.75) is 63.5 Å². The highest BCUT2D eigenvalue weighted by Gasteiger charge is 2.43. The van der Waals surface area contributed by atoms with Gasteiger partial charge in [-0.3, -0.25) is 4.79 Å². The minimum atomic E-state index is -0.326. The molecule has 2 fully saturated rings. The Morgan fingerprint density at radius 1 is 1.30 bits per heavy atom. The molecular weight excluding hydrogens is 362 g/mol. The maximum atomic E-state index is 12.7. The predicted molar refractivity (Wildman–Crippen MR) is 105 cm³/mol. The highest BCUT2D eigenvalue weighted by Crippen LogP contribution is 2.45. The Kier molecular flexibility index (Phi) is 5.41. The predicted octanol–water partition coefficient (Wildman–Crippen LogP) is 3.01. The van der Waals surface area contributed by atoms with Crippen molar-refractivity contribution in [3.8, 4) is 0 Å². The number of hydrogen-bond acceptors (Lipinski definition) is 4. The summed E-state index contributed by atoms with van der Waals surface area (Å²) in [7, 11) is 0. The van der Waals surface area contributed by atoms with Crippen LogP contribution in [0.25, 0.3) is 0 Å². The minimum absolute atomic E-state index is 0.00573. The minimum Gasteiger partial charge on any atom is -0.369 e. The number of amides is 3. The zero-order valence-corrected chi connectivity index (χ0v) is 16.8. The van der Waals surface area contributed by atoms with Crippen molar-refractivity contribution in [1.82, 2.24) is 15.5 Å². The SMILES string of the molecule is CCNC(=O)N1CCC2(CC1)OCCc1cc(C(=O)NC3CCCC3)sc12. The van der Waals surface area contributed by atoms with Crippen molar-refractivity contribution in [3.63, 3.8) is 0 Å². The van der Waals surface area contributed by atoms with Crippen LogP contribution in [0.3, 0.4) is 0 Å². The van der Waals surface area contributed by atoms with Crippen molar-refractivity contribution < 1.29 is 14.3 Å². The average molecular weight is 392 g/mol. The monoisotopic (exact) mass is 391 g/mol. The third kappa shape index (κ3) is 3.72. The fraction of sp³-hybridized carbons (Fsp3) is 0.700. The van der Waals surface area contributed by atoms with Crippen molar-refractivity contribution in [3.05, 3.63) is 21.4 Å². The molecule has 3 heterocycles. The van der Waals surface area contributed by atoms with Gasteiger partial charge in [0.25, 0.3) is 5.91 Å². The Labute approximate surface area is 164 Å². The molecular formula is C20H29N3O3S. The van der Waals surface area contributed by atoms with Crippen LogP contribution in [0.2, 0.25) is 0 Å². The van der Waals surface area contributed by atoms with E-state index in [1.54, 1.807) is 11.3 Å². The number of nitrogens with one attached hydrogen (secondary N) is 2. The Balaban J connectivity index is 1.48. The number of likely N-dealkylation sites (tertiary alicyclic amines) is 1. The number of fused-ring (bicyclic) bond motifs is 2. The zero-order chi connectivity index (χ0) is 18.9. The molecule has 0 atom stereocenters. The fourth-order valence-corrected chi connectivity index (χ4v) is 5.88. The Morgan fingerprint density at radius 2 is 2.04 bits per heavy atom. The summed E-state index contributed by atoms with van der Waals surface area (Å²) in [5, 5.41) is 6.08. The molecule has 0 aromatic carbocycles. The van der Waals surface area contributed by atoms with Crippen molar-refractivity contribution >= 4 is 23.3 Å². The van der Waals surface area contributed by atoms with Gasteiger partial charge in [0, 0.05) is 30.6 Å². The Morgan fingerprint density at radius 3 is 2.74 bits per heavy atom. The van der Waals surface area contributed by atoms with Gasteiger partial charge in [-0.15, -0.1) is 11.3 Å². The molecule has 6 nitrogen and oxygen atoms in total. The van der Waals surface area contributed by atoms with E-state index in [0.717, 1.165) is 37.0 Å². The molecule has 0 radical (unpaired) electrons. The highest BCUT2D eigenvalue weighted by atomic mass is 32.1. The molecule has 3 amide bonds. The first-order valence-electron chi connectivity index (χ1n) is 10.2. The van der Waals surface area contributed by atoms with E-state index in [9.17, 15) is 9.59 Å². The van der Waals surface area contributed by atoms with Gasteiger partial charge < -0.3 is 20.3 Å². The van der Waals surface area contributed by atoms with Crippen LogP contribution in [0.1, 0.15) is 65.6 Å². The molecule has 7 heteroatoms. The number of ether oxygens (including phenoxy) is 1. The second-order valence-electron chi connectivity index (χ2n) is 7.84. The molecule has 27 heavy (non-hydrogen) atoms. The van der Waals surface area contributed by atoms with E-state index in [4.69, 9.17) is 4.74 Å². The topological polar surface area (TPSA) is 70.7 Å². The van der Waals surface area contributed by atoms with Crippen LogP contribution in [0.15, 0.2) is 6.07 Å². The lowest BCUT2D eigenvalue weighted by molar-refractivity contribution is -0.0896. The van der Waals surface area contributed by atoms with Gasteiger partial charge in [-0.05, 0) is 50.7 Å².